The van der Waals surface area contributed by atoms with Crippen LogP contribution >= 0.6 is 23.2 Å². The van der Waals surface area contributed by atoms with Crippen molar-refractivity contribution in [1.29, 1.82) is 0 Å². The van der Waals surface area contributed by atoms with Gasteiger partial charge in [-0.1, -0.05) is 11.6 Å². The number of ether oxygens (including phenoxy) is 1. The summed E-state index contributed by atoms with van der Waals surface area (Å²) < 4.78 is 29.9. The fourth-order valence-corrected chi connectivity index (χ4v) is 1.92. The van der Waals surface area contributed by atoms with E-state index in [1.165, 1.54) is 25.3 Å². The molecule has 0 aliphatic rings. The van der Waals surface area contributed by atoms with Crippen molar-refractivity contribution in [1.82, 2.24) is 4.90 Å². The van der Waals surface area contributed by atoms with Crippen molar-refractivity contribution in [2.24, 2.45) is 0 Å². The van der Waals surface area contributed by atoms with Crippen LogP contribution in [0.5, 0.6) is 5.75 Å². The number of alkyl halides is 3. The fourth-order valence-electron chi connectivity index (χ4n) is 1.56. The highest BCUT2D eigenvalue weighted by Crippen LogP contribution is 2.24. The minimum absolute atomic E-state index is 0.0382. The maximum Gasteiger partial charge on any atom is 0.257 e. The first kappa shape index (κ1) is 16.0. The third-order valence-corrected chi connectivity index (χ3v) is 2.80. The third kappa shape index (κ3) is 4.51. The topological polar surface area (TPSA) is 29.5 Å². The fraction of sp³-hybridized carbons (Fsp3) is 0.417. The minimum atomic E-state index is -2.62. The molecule has 0 N–H and O–H groups in total. The van der Waals surface area contributed by atoms with E-state index in [2.05, 4.69) is 0 Å². The number of hydrogen-bond acceptors (Lipinski definition) is 2. The maximum absolute atomic E-state index is 12.4. The first-order valence-corrected chi connectivity index (χ1v) is 6.37. The minimum Gasteiger partial charge on any atom is -0.496 e. The second-order valence-electron chi connectivity index (χ2n) is 3.68. The van der Waals surface area contributed by atoms with Crippen molar-refractivity contribution in [3.05, 3.63) is 28.8 Å². The highest BCUT2D eigenvalue weighted by molar-refractivity contribution is 6.30. The molecule has 0 saturated heterocycles. The van der Waals surface area contributed by atoms with E-state index in [0.717, 1.165) is 4.90 Å². The summed E-state index contributed by atoms with van der Waals surface area (Å²) in [5.41, 5.74) is 0.178. The Labute approximate surface area is 120 Å². The lowest BCUT2D eigenvalue weighted by molar-refractivity contribution is 0.0568. The van der Waals surface area contributed by atoms with Crippen LogP contribution in [0, 0.1) is 0 Å². The number of carbonyl (C=O) groups is 1. The number of carbonyl (C=O) groups excluding carboxylic acids is 1. The number of hydrogen-bond donors (Lipinski definition) is 0. The van der Waals surface area contributed by atoms with Crippen LogP contribution in [0.1, 0.15) is 10.4 Å². The molecule has 0 aliphatic carbocycles. The molecule has 0 saturated carbocycles. The molecule has 1 aromatic carbocycles. The number of halogens is 4. The van der Waals surface area contributed by atoms with E-state index >= 15 is 0 Å². The number of methoxy groups -OCH3 is 1. The van der Waals surface area contributed by atoms with Gasteiger partial charge >= 0.3 is 0 Å². The zero-order valence-corrected chi connectivity index (χ0v) is 11.7. The molecule has 19 heavy (non-hydrogen) atoms. The van der Waals surface area contributed by atoms with E-state index in [9.17, 15) is 13.6 Å². The molecule has 7 heteroatoms. The summed E-state index contributed by atoms with van der Waals surface area (Å²) in [6, 6.07) is 4.39. The molecule has 3 nitrogen and oxygen atoms in total. The summed E-state index contributed by atoms with van der Waals surface area (Å²) in [6.07, 6.45) is -2.62. The second-order valence-corrected chi connectivity index (χ2v) is 4.49. The normalized spacial score (nSPS) is 10.6. The van der Waals surface area contributed by atoms with Crippen LogP contribution in [0.3, 0.4) is 0 Å². The van der Waals surface area contributed by atoms with Gasteiger partial charge in [0.25, 0.3) is 12.3 Å². The molecule has 0 atom stereocenters. The average Bonchev–Trinajstić information content (AvgIpc) is 2.36. The lowest BCUT2D eigenvalue weighted by atomic mass is 10.1. The monoisotopic (exact) mass is 311 g/mol. The summed E-state index contributed by atoms with van der Waals surface area (Å²) in [7, 11) is 1.38. The van der Waals surface area contributed by atoms with Gasteiger partial charge in [-0.25, -0.2) is 8.78 Å². The standard InChI is InChI=1S/C12H13Cl2F2NO2/c1-19-10-6-8(14)2-3-9(10)12(18)17(5-4-13)7-11(15)16/h2-3,6,11H,4-5,7H2,1H3. The Kier molecular flexibility index (Phi) is 6.31. The Morgan fingerprint density at radius 2 is 2.16 bits per heavy atom. The van der Waals surface area contributed by atoms with E-state index < -0.39 is 18.9 Å². The summed E-state index contributed by atoms with van der Waals surface area (Å²) >= 11 is 11.3. The van der Waals surface area contributed by atoms with Gasteiger partial charge in [0.15, 0.2) is 0 Å². The number of rotatable bonds is 6. The zero-order chi connectivity index (χ0) is 14.4. The Bertz CT molecular complexity index is 444. The number of amides is 1. The molecular formula is C12H13Cl2F2NO2. The van der Waals surface area contributed by atoms with Crippen LogP contribution in [0.25, 0.3) is 0 Å². The lowest BCUT2D eigenvalue weighted by Crippen LogP contribution is -2.36. The van der Waals surface area contributed by atoms with Crippen LogP contribution in [0.4, 0.5) is 8.78 Å². The Morgan fingerprint density at radius 3 is 2.68 bits per heavy atom. The van der Waals surface area contributed by atoms with Crippen LogP contribution in [0.15, 0.2) is 18.2 Å². The van der Waals surface area contributed by atoms with Crippen LogP contribution in [-0.2, 0) is 0 Å². The largest absolute Gasteiger partial charge is 0.496 e. The van der Waals surface area contributed by atoms with Crippen LogP contribution in [-0.4, -0.2) is 43.3 Å². The number of nitrogens with zero attached hydrogens (tertiary/aromatic N) is 1. The molecule has 0 bridgehead atoms. The summed E-state index contributed by atoms with van der Waals surface area (Å²) in [4.78, 5) is 13.2. The maximum atomic E-state index is 12.4. The quantitative estimate of drug-likeness (QED) is 0.754. The highest BCUT2D eigenvalue weighted by atomic mass is 35.5. The Balaban J connectivity index is 3.01. The van der Waals surface area contributed by atoms with Gasteiger partial charge in [0, 0.05) is 17.4 Å². The Morgan fingerprint density at radius 1 is 1.47 bits per heavy atom. The third-order valence-electron chi connectivity index (χ3n) is 2.39. The van der Waals surface area contributed by atoms with Gasteiger partial charge in [0.05, 0.1) is 19.2 Å². The van der Waals surface area contributed by atoms with E-state index in [1.807, 2.05) is 0 Å². The van der Waals surface area contributed by atoms with Crippen LogP contribution < -0.4 is 4.74 Å². The molecule has 0 unspecified atom stereocenters. The first-order chi connectivity index (χ1) is 8.99. The van der Waals surface area contributed by atoms with Gasteiger partial charge < -0.3 is 9.64 Å². The second kappa shape index (κ2) is 7.50. The predicted octanol–water partition coefficient (Wildman–Crippen LogP) is 3.29. The molecule has 1 aromatic rings. The summed E-state index contributed by atoms with van der Waals surface area (Å²) in [5.74, 6) is -0.241. The SMILES string of the molecule is COc1cc(Cl)ccc1C(=O)N(CCCl)CC(F)F. The van der Waals surface area contributed by atoms with E-state index in [0.29, 0.717) is 5.02 Å². The van der Waals surface area contributed by atoms with Gasteiger partial charge in [-0.3, -0.25) is 4.79 Å². The first-order valence-electron chi connectivity index (χ1n) is 5.46. The van der Waals surface area contributed by atoms with Crippen LogP contribution in [0.2, 0.25) is 5.02 Å². The molecule has 0 aliphatic heterocycles. The molecule has 0 spiro atoms. The molecule has 1 amide bonds. The van der Waals surface area contributed by atoms with Gasteiger partial charge in [0.1, 0.15) is 5.75 Å². The smallest absolute Gasteiger partial charge is 0.257 e. The molecule has 1 rings (SSSR count). The van der Waals surface area contributed by atoms with Crippen molar-refractivity contribution in [2.45, 2.75) is 6.43 Å². The molecule has 106 valence electrons. The summed E-state index contributed by atoms with van der Waals surface area (Å²) in [5, 5.41) is 0.395. The summed E-state index contributed by atoms with van der Waals surface area (Å²) in [6.45, 7) is -0.631. The average molecular weight is 312 g/mol. The van der Waals surface area contributed by atoms with E-state index in [1.54, 1.807) is 0 Å². The highest BCUT2D eigenvalue weighted by Gasteiger charge is 2.22. The Hall–Kier alpha value is -1.07. The molecule has 0 heterocycles. The van der Waals surface area contributed by atoms with E-state index in [4.69, 9.17) is 27.9 Å². The lowest BCUT2D eigenvalue weighted by Gasteiger charge is -2.22. The van der Waals surface area contributed by atoms with Crippen molar-refractivity contribution in [2.75, 3.05) is 26.1 Å². The van der Waals surface area contributed by atoms with Gasteiger partial charge in [-0.15, -0.1) is 11.6 Å². The zero-order valence-electron chi connectivity index (χ0n) is 10.2. The van der Waals surface area contributed by atoms with Gasteiger partial charge in [0.2, 0.25) is 0 Å². The predicted molar refractivity (Wildman–Crippen MR) is 70.6 cm³/mol. The molecular weight excluding hydrogens is 299 g/mol. The van der Waals surface area contributed by atoms with Crippen molar-refractivity contribution in [3.8, 4) is 5.75 Å². The van der Waals surface area contributed by atoms with Gasteiger partial charge in [-0.2, -0.15) is 0 Å². The van der Waals surface area contributed by atoms with Gasteiger partial charge in [-0.05, 0) is 18.2 Å². The molecule has 0 radical (unpaired) electrons. The van der Waals surface area contributed by atoms with Crippen molar-refractivity contribution >= 4 is 29.1 Å². The van der Waals surface area contributed by atoms with Crippen molar-refractivity contribution < 1.29 is 18.3 Å². The molecule has 0 aromatic heterocycles. The van der Waals surface area contributed by atoms with E-state index in [-0.39, 0.29) is 23.7 Å². The van der Waals surface area contributed by atoms with Crippen molar-refractivity contribution in [3.63, 3.8) is 0 Å². The molecule has 0 fully saturated rings. The number of benzene rings is 1.